The fraction of sp³-hybridized carbons (Fsp3) is 0.562. The maximum atomic E-state index is 11.6. The number of fused-ring (bicyclic) bond motifs is 2. The maximum Gasteiger partial charge on any atom is 0.219 e. The number of ether oxygens (including phenoxy) is 1. The van der Waals surface area contributed by atoms with Crippen molar-refractivity contribution in [1.82, 2.24) is 4.90 Å². The molecule has 108 valence electrons. The number of carbonyl (C=O) groups excluding carboxylic acids is 1. The molecule has 2 fully saturated rings. The summed E-state index contributed by atoms with van der Waals surface area (Å²) in [4.78, 5) is 13.6. The Morgan fingerprint density at radius 2 is 2.10 bits per heavy atom. The lowest BCUT2D eigenvalue weighted by molar-refractivity contribution is -0.129. The topological polar surface area (TPSA) is 55.6 Å². The van der Waals surface area contributed by atoms with Crippen LogP contribution in [-0.2, 0) is 11.3 Å². The van der Waals surface area contributed by atoms with Crippen LogP contribution in [0, 0.1) is 5.92 Å². The summed E-state index contributed by atoms with van der Waals surface area (Å²) in [7, 11) is 0. The summed E-state index contributed by atoms with van der Waals surface area (Å²) in [6.07, 6.45) is 3.42. The number of amides is 1. The van der Waals surface area contributed by atoms with Gasteiger partial charge >= 0.3 is 0 Å². The highest BCUT2D eigenvalue weighted by atomic mass is 16.5. The van der Waals surface area contributed by atoms with Crippen LogP contribution in [-0.4, -0.2) is 29.5 Å². The second kappa shape index (κ2) is 5.44. The fourth-order valence-electron chi connectivity index (χ4n) is 3.51. The van der Waals surface area contributed by atoms with Crippen LogP contribution in [0.2, 0.25) is 0 Å². The lowest BCUT2D eigenvalue weighted by Crippen LogP contribution is -2.33. The SMILES string of the molecule is CC(=O)N1CC2CC1CCC2Oc1ccc(CN)cc1. The molecule has 2 N–H and O–H groups in total. The Morgan fingerprint density at radius 3 is 2.75 bits per heavy atom. The first-order chi connectivity index (χ1) is 9.67. The smallest absolute Gasteiger partial charge is 0.219 e. The molecular formula is C16H22N2O2. The van der Waals surface area contributed by atoms with Crippen LogP contribution in [0.1, 0.15) is 31.7 Å². The number of hydrogen-bond acceptors (Lipinski definition) is 3. The first-order valence-corrected chi connectivity index (χ1v) is 7.40. The maximum absolute atomic E-state index is 11.6. The van der Waals surface area contributed by atoms with Crippen molar-refractivity contribution in [3.63, 3.8) is 0 Å². The summed E-state index contributed by atoms with van der Waals surface area (Å²) in [5, 5.41) is 0. The average molecular weight is 274 g/mol. The van der Waals surface area contributed by atoms with E-state index in [1.165, 1.54) is 0 Å². The minimum Gasteiger partial charge on any atom is -0.490 e. The molecule has 1 saturated heterocycles. The third-order valence-corrected chi connectivity index (χ3v) is 4.61. The Balaban J connectivity index is 1.65. The summed E-state index contributed by atoms with van der Waals surface area (Å²) in [5.41, 5.74) is 6.71. The van der Waals surface area contributed by atoms with Gasteiger partial charge in [0, 0.05) is 32.0 Å². The molecule has 2 bridgehead atoms. The number of hydrogen-bond donors (Lipinski definition) is 1. The molecule has 1 aromatic carbocycles. The molecule has 3 rings (SSSR count). The lowest BCUT2D eigenvalue weighted by Gasteiger charge is -2.28. The second-order valence-corrected chi connectivity index (χ2v) is 5.90. The van der Waals surface area contributed by atoms with E-state index in [1.807, 2.05) is 29.2 Å². The van der Waals surface area contributed by atoms with Gasteiger partial charge in [-0.05, 0) is 37.0 Å². The first kappa shape index (κ1) is 13.4. The monoisotopic (exact) mass is 274 g/mol. The fourth-order valence-corrected chi connectivity index (χ4v) is 3.51. The highest BCUT2D eigenvalue weighted by Gasteiger charge is 2.42. The highest BCUT2D eigenvalue weighted by Crippen LogP contribution is 2.37. The van der Waals surface area contributed by atoms with Gasteiger partial charge in [0.1, 0.15) is 11.9 Å². The normalized spacial score (nSPS) is 28.5. The van der Waals surface area contributed by atoms with Gasteiger partial charge in [-0.15, -0.1) is 0 Å². The van der Waals surface area contributed by atoms with Crippen LogP contribution in [0.15, 0.2) is 24.3 Å². The molecule has 0 spiro atoms. The Hall–Kier alpha value is -1.55. The molecule has 4 heteroatoms. The molecule has 1 aromatic rings. The van der Waals surface area contributed by atoms with Gasteiger partial charge in [0.15, 0.2) is 0 Å². The third kappa shape index (κ3) is 2.52. The molecule has 1 aliphatic carbocycles. The molecule has 0 aromatic heterocycles. The molecule has 3 unspecified atom stereocenters. The van der Waals surface area contributed by atoms with Crippen molar-refractivity contribution in [3.05, 3.63) is 29.8 Å². The molecule has 3 atom stereocenters. The number of benzene rings is 1. The Morgan fingerprint density at radius 1 is 1.35 bits per heavy atom. The third-order valence-electron chi connectivity index (χ3n) is 4.61. The molecule has 0 radical (unpaired) electrons. The first-order valence-electron chi connectivity index (χ1n) is 7.40. The Labute approximate surface area is 119 Å². The number of rotatable bonds is 3. The van der Waals surface area contributed by atoms with E-state index >= 15 is 0 Å². The molecule has 1 heterocycles. The van der Waals surface area contributed by atoms with Crippen LogP contribution in [0.25, 0.3) is 0 Å². The zero-order chi connectivity index (χ0) is 14.1. The Bertz CT molecular complexity index is 486. The van der Waals surface area contributed by atoms with Gasteiger partial charge in [0.2, 0.25) is 5.91 Å². The van der Waals surface area contributed by atoms with Gasteiger partial charge in [-0.1, -0.05) is 12.1 Å². The molecule has 2 aliphatic rings. The van der Waals surface area contributed by atoms with E-state index < -0.39 is 0 Å². The van der Waals surface area contributed by atoms with Crippen LogP contribution in [0.3, 0.4) is 0 Å². The van der Waals surface area contributed by atoms with Crippen molar-refractivity contribution < 1.29 is 9.53 Å². The molecule has 1 saturated carbocycles. The van der Waals surface area contributed by atoms with E-state index in [9.17, 15) is 4.79 Å². The molecule has 1 aliphatic heterocycles. The number of carbonyl (C=O) groups is 1. The lowest BCUT2D eigenvalue weighted by atomic mass is 9.87. The zero-order valence-corrected chi connectivity index (χ0v) is 11.9. The molecular weight excluding hydrogens is 252 g/mol. The van der Waals surface area contributed by atoms with Crippen LogP contribution in [0.5, 0.6) is 5.75 Å². The summed E-state index contributed by atoms with van der Waals surface area (Å²) in [6.45, 7) is 3.08. The van der Waals surface area contributed by atoms with Crippen molar-refractivity contribution >= 4 is 5.91 Å². The summed E-state index contributed by atoms with van der Waals surface area (Å²) >= 11 is 0. The largest absolute Gasteiger partial charge is 0.490 e. The van der Waals surface area contributed by atoms with Gasteiger partial charge in [0.25, 0.3) is 0 Å². The van der Waals surface area contributed by atoms with Gasteiger partial charge in [-0.3, -0.25) is 4.79 Å². The van der Waals surface area contributed by atoms with Crippen molar-refractivity contribution in [2.75, 3.05) is 6.54 Å². The van der Waals surface area contributed by atoms with E-state index in [0.29, 0.717) is 18.5 Å². The quantitative estimate of drug-likeness (QED) is 0.916. The molecule has 20 heavy (non-hydrogen) atoms. The van der Waals surface area contributed by atoms with Crippen molar-refractivity contribution in [1.29, 1.82) is 0 Å². The Kier molecular flexibility index (Phi) is 3.66. The van der Waals surface area contributed by atoms with E-state index in [0.717, 1.165) is 37.1 Å². The van der Waals surface area contributed by atoms with Gasteiger partial charge in [0.05, 0.1) is 0 Å². The van der Waals surface area contributed by atoms with E-state index in [2.05, 4.69) is 0 Å². The second-order valence-electron chi connectivity index (χ2n) is 5.90. The average Bonchev–Trinajstić information content (AvgIpc) is 2.81. The predicted octanol–water partition coefficient (Wildman–Crippen LogP) is 1.92. The van der Waals surface area contributed by atoms with Gasteiger partial charge in [-0.25, -0.2) is 0 Å². The summed E-state index contributed by atoms with van der Waals surface area (Å²) < 4.78 is 6.13. The van der Waals surface area contributed by atoms with E-state index in [1.54, 1.807) is 6.92 Å². The van der Waals surface area contributed by atoms with Crippen molar-refractivity contribution in [2.45, 2.75) is 44.9 Å². The van der Waals surface area contributed by atoms with E-state index in [4.69, 9.17) is 10.5 Å². The zero-order valence-electron chi connectivity index (χ0n) is 11.9. The standard InChI is InChI=1S/C16H22N2O2/c1-11(19)18-10-13-8-14(18)4-7-16(13)20-15-5-2-12(9-17)3-6-15/h2-3,5-6,13-14,16H,4,7-10,17H2,1H3. The number of likely N-dealkylation sites (tertiary alicyclic amines) is 1. The van der Waals surface area contributed by atoms with Crippen LogP contribution >= 0.6 is 0 Å². The van der Waals surface area contributed by atoms with Crippen LogP contribution in [0.4, 0.5) is 0 Å². The molecule has 4 nitrogen and oxygen atoms in total. The van der Waals surface area contributed by atoms with Crippen molar-refractivity contribution in [2.24, 2.45) is 11.7 Å². The number of nitrogens with two attached hydrogens (primary N) is 1. The van der Waals surface area contributed by atoms with Crippen molar-refractivity contribution in [3.8, 4) is 5.75 Å². The predicted molar refractivity (Wildman–Crippen MR) is 77.3 cm³/mol. The highest BCUT2D eigenvalue weighted by molar-refractivity contribution is 5.74. The van der Waals surface area contributed by atoms with Gasteiger partial charge < -0.3 is 15.4 Å². The van der Waals surface area contributed by atoms with Gasteiger partial charge in [-0.2, -0.15) is 0 Å². The minimum atomic E-state index is 0.199. The summed E-state index contributed by atoms with van der Waals surface area (Å²) in [5.74, 6) is 1.59. The summed E-state index contributed by atoms with van der Waals surface area (Å²) in [6, 6.07) is 8.45. The number of nitrogens with zero attached hydrogens (tertiary/aromatic N) is 1. The van der Waals surface area contributed by atoms with Crippen LogP contribution < -0.4 is 10.5 Å². The van der Waals surface area contributed by atoms with E-state index in [-0.39, 0.29) is 12.0 Å². The minimum absolute atomic E-state index is 0.199. The molecule has 1 amide bonds.